The van der Waals surface area contributed by atoms with E-state index in [1.54, 1.807) is 7.11 Å². The van der Waals surface area contributed by atoms with Gasteiger partial charge in [0.1, 0.15) is 5.75 Å². The first-order chi connectivity index (χ1) is 6.06. The zero-order valence-electron chi connectivity index (χ0n) is 7.53. The van der Waals surface area contributed by atoms with Crippen LogP contribution in [0.4, 0.5) is 0 Å². The van der Waals surface area contributed by atoms with Gasteiger partial charge in [0.25, 0.3) is 0 Å². The Morgan fingerprint density at radius 2 is 2.00 bits per heavy atom. The summed E-state index contributed by atoms with van der Waals surface area (Å²) >= 11 is 4.56. The van der Waals surface area contributed by atoms with Gasteiger partial charge in [0, 0.05) is 3.57 Å². The topological polar surface area (TPSA) is 9.23 Å². The van der Waals surface area contributed by atoms with Crippen LogP contribution in [0.25, 0.3) is 5.57 Å². The van der Waals surface area contributed by atoms with Gasteiger partial charge in [-0.2, -0.15) is 0 Å². The molecule has 70 valence electrons. The first kappa shape index (κ1) is 11.3. The SMILES string of the molecule is C=C(C)c1cc(I)cc(OC)c1I. The van der Waals surface area contributed by atoms with Gasteiger partial charge >= 0.3 is 0 Å². The van der Waals surface area contributed by atoms with Crippen molar-refractivity contribution in [1.82, 2.24) is 0 Å². The highest BCUT2D eigenvalue weighted by Crippen LogP contribution is 2.30. The molecule has 0 saturated carbocycles. The van der Waals surface area contributed by atoms with Gasteiger partial charge in [0.05, 0.1) is 10.7 Å². The average molecular weight is 400 g/mol. The molecule has 0 aromatic heterocycles. The Balaban J connectivity index is 3.35. The van der Waals surface area contributed by atoms with E-state index < -0.39 is 0 Å². The molecular weight excluding hydrogens is 390 g/mol. The van der Waals surface area contributed by atoms with E-state index in [9.17, 15) is 0 Å². The van der Waals surface area contributed by atoms with E-state index in [0.29, 0.717) is 0 Å². The molecule has 1 aromatic rings. The number of hydrogen-bond donors (Lipinski definition) is 0. The molecule has 1 rings (SSSR count). The predicted octanol–water partition coefficient (Wildman–Crippen LogP) is 3.94. The number of halogens is 2. The molecule has 3 heteroatoms. The van der Waals surface area contributed by atoms with Crippen LogP contribution in [0.3, 0.4) is 0 Å². The number of allylic oxidation sites excluding steroid dienone is 1. The van der Waals surface area contributed by atoms with Crippen molar-refractivity contribution >= 4 is 50.8 Å². The average Bonchev–Trinajstić information content (AvgIpc) is 2.08. The fourth-order valence-electron chi connectivity index (χ4n) is 1.02. The molecule has 1 nitrogen and oxygen atoms in total. The summed E-state index contributed by atoms with van der Waals surface area (Å²) in [6, 6.07) is 4.14. The maximum Gasteiger partial charge on any atom is 0.133 e. The molecule has 0 unspecified atom stereocenters. The third-order valence-electron chi connectivity index (χ3n) is 1.68. The number of ether oxygens (including phenoxy) is 1. The van der Waals surface area contributed by atoms with Crippen LogP contribution in [0.5, 0.6) is 5.75 Å². The summed E-state index contributed by atoms with van der Waals surface area (Å²) in [5, 5.41) is 0. The van der Waals surface area contributed by atoms with Crippen molar-refractivity contribution in [2.45, 2.75) is 6.92 Å². The summed E-state index contributed by atoms with van der Waals surface area (Å²) in [6.45, 7) is 5.95. The Hall–Kier alpha value is 0.220. The first-order valence-corrected chi connectivity index (χ1v) is 5.91. The van der Waals surface area contributed by atoms with Crippen LogP contribution >= 0.6 is 45.2 Å². The lowest BCUT2D eigenvalue weighted by molar-refractivity contribution is 0.411. The van der Waals surface area contributed by atoms with Gasteiger partial charge in [-0.05, 0) is 75.4 Å². The van der Waals surface area contributed by atoms with Crippen molar-refractivity contribution < 1.29 is 4.74 Å². The van der Waals surface area contributed by atoms with Gasteiger partial charge < -0.3 is 4.74 Å². The molecule has 0 amide bonds. The largest absolute Gasteiger partial charge is 0.496 e. The molecule has 0 saturated heterocycles. The molecular formula is C10H10I2O. The van der Waals surface area contributed by atoms with E-state index >= 15 is 0 Å². The minimum atomic E-state index is 0.922. The molecule has 0 aliphatic carbocycles. The Morgan fingerprint density at radius 3 is 2.46 bits per heavy atom. The predicted molar refractivity (Wildman–Crippen MR) is 73.1 cm³/mol. The van der Waals surface area contributed by atoms with Crippen LogP contribution in [0.15, 0.2) is 18.7 Å². The summed E-state index contributed by atoms with van der Waals surface area (Å²) in [7, 11) is 1.69. The first-order valence-electron chi connectivity index (χ1n) is 3.75. The second-order valence-corrected chi connectivity index (χ2v) is 5.07. The minimum Gasteiger partial charge on any atom is -0.496 e. The molecule has 0 bridgehead atoms. The zero-order valence-corrected chi connectivity index (χ0v) is 11.8. The molecule has 0 heterocycles. The number of benzene rings is 1. The Morgan fingerprint density at radius 1 is 1.38 bits per heavy atom. The van der Waals surface area contributed by atoms with E-state index in [1.165, 1.54) is 9.13 Å². The number of hydrogen-bond acceptors (Lipinski definition) is 1. The van der Waals surface area contributed by atoms with Crippen molar-refractivity contribution in [3.05, 3.63) is 31.4 Å². The molecule has 0 fully saturated rings. The summed E-state index contributed by atoms with van der Waals surface area (Å²) in [5.74, 6) is 0.922. The second kappa shape index (κ2) is 4.63. The highest BCUT2D eigenvalue weighted by molar-refractivity contribution is 14.1. The number of methoxy groups -OCH3 is 1. The van der Waals surface area contributed by atoms with Crippen molar-refractivity contribution in [3.63, 3.8) is 0 Å². The third kappa shape index (κ3) is 2.59. The summed E-state index contributed by atoms with van der Waals surface area (Å²) in [6.07, 6.45) is 0. The number of rotatable bonds is 2. The normalized spacial score (nSPS) is 9.85. The van der Waals surface area contributed by atoms with E-state index in [-0.39, 0.29) is 0 Å². The van der Waals surface area contributed by atoms with Crippen LogP contribution < -0.4 is 4.74 Å². The van der Waals surface area contributed by atoms with E-state index in [2.05, 4.69) is 57.8 Å². The summed E-state index contributed by atoms with van der Waals surface area (Å²) in [5.41, 5.74) is 2.24. The third-order valence-corrected chi connectivity index (χ3v) is 3.42. The van der Waals surface area contributed by atoms with Crippen LogP contribution in [-0.2, 0) is 0 Å². The van der Waals surface area contributed by atoms with Gasteiger partial charge in [0.15, 0.2) is 0 Å². The summed E-state index contributed by atoms with van der Waals surface area (Å²) < 4.78 is 7.57. The van der Waals surface area contributed by atoms with Crippen molar-refractivity contribution in [1.29, 1.82) is 0 Å². The van der Waals surface area contributed by atoms with E-state index in [4.69, 9.17) is 4.74 Å². The van der Waals surface area contributed by atoms with Gasteiger partial charge in [0.2, 0.25) is 0 Å². The summed E-state index contributed by atoms with van der Waals surface area (Å²) in [4.78, 5) is 0. The van der Waals surface area contributed by atoms with Crippen molar-refractivity contribution in [2.24, 2.45) is 0 Å². The van der Waals surface area contributed by atoms with E-state index in [1.807, 2.05) is 13.0 Å². The Labute approximate surface area is 106 Å². The maximum atomic E-state index is 5.26. The van der Waals surface area contributed by atoms with E-state index in [0.717, 1.165) is 14.9 Å². The van der Waals surface area contributed by atoms with Gasteiger partial charge in [-0.15, -0.1) is 0 Å². The van der Waals surface area contributed by atoms with Crippen LogP contribution in [0, 0.1) is 7.14 Å². The zero-order chi connectivity index (χ0) is 10.0. The molecule has 0 aliphatic rings. The lowest BCUT2D eigenvalue weighted by Crippen LogP contribution is -1.93. The van der Waals surface area contributed by atoms with Crippen molar-refractivity contribution in [2.75, 3.05) is 7.11 Å². The van der Waals surface area contributed by atoms with Crippen LogP contribution in [0.1, 0.15) is 12.5 Å². The molecule has 0 radical (unpaired) electrons. The lowest BCUT2D eigenvalue weighted by Gasteiger charge is -2.09. The van der Waals surface area contributed by atoms with Gasteiger partial charge in [-0.25, -0.2) is 0 Å². The Bertz CT molecular complexity index is 345. The van der Waals surface area contributed by atoms with Crippen LogP contribution in [-0.4, -0.2) is 7.11 Å². The van der Waals surface area contributed by atoms with Gasteiger partial charge in [-0.3, -0.25) is 0 Å². The highest BCUT2D eigenvalue weighted by Gasteiger charge is 2.08. The second-order valence-electron chi connectivity index (χ2n) is 2.75. The lowest BCUT2D eigenvalue weighted by atomic mass is 10.1. The molecule has 0 atom stereocenters. The highest BCUT2D eigenvalue weighted by atomic mass is 127. The monoisotopic (exact) mass is 400 g/mol. The molecule has 0 aliphatic heterocycles. The molecule has 13 heavy (non-hydrogen) atoms. The fourth-order valence-corrected chi connectivity index (χ4v) is 2.61. The maximum absolute atomic E-state index is 5.26. The van der Waals surface area contributed by atoms with Gasteiger partial charge in [-0.1, -0.05) is 6.58 Å². The smallest absolute Gasteiger partial charge is 0.133 e. The van der Waals surface area contributed by atoms with Crippen LogP contribution in [0.2, 0.25) is 0 Å². The quantitative estimate of drug-likeness (QED) is 0.684. The minimum absolute atomic E-state index is 0.922. The fraction of sp³-hybridized carbons (Fsp3) is 0.200. The standard InChI is InChI=1S/C10H10I2O/c1-6(2)8-4-7(11)5-9(13-3)10(8)12/h4-5H,1H2,2-3H3. The molecule has 1 aromatic carbocycles. The Kier molecular flexibility index (Phi) is 4.03. The molecule has 0 spiro atoms. The molecule has 0 N–H and O–H groups in total. The van der Waals surface area contributed by atoms with Crippen molar-refractivity contribution in [3.8, 4) is 5.75 Å².